The second kappa shape index (κ2) is 13.9. The first kappa shape index (κ1) is 37.4. The summed E-state index contributed by atoms with van der Waals surface area (Å²) in [7, 11) is 0. The molecule has 0 spiro atoms. The van der Waals surface area contributed by atoms with Crippen LogP contribution in [0.1, 0.15) is 11.1 Å². The van der Waals surface area contributed by atoms with E-state index in [-0.39, 0.29) is 0 Å². The minimum atomic E-state index is 0.345. The average molecular weight is 879 g/mol. The normalized spacial score (nSPS) is 12.0. The summed E-state index contributed by atoms with van der Waals surface area (Å²) in [5, 5.41) is 33.5. The van der Waals surface area contributed by atoms with E-state index in [2.05, 4.69) is 194 Å². The van der Waals surface area contributed by atoms with E-state index in [1.165, 1.54) is 0 Å². The van der Waals surface area contributed by atoms with Gasteiger partial charge in [0.25, 0.3) is 0 Å². The SMILES string of the molecule is N#Cc1c(-n2c3ccccc3c3cc4c(cc32)c2ccccc2n4-c2ccccc2)c(-n2c3ccccc3c3cc4c(cc32)c2ccccc2n4-c2ccccc2)c(C#N)c2c1oc1ccccc12. The van der Waals surface area contributed by atoms with Crippen molar-refractivity contribution in [3.8, 4) is 34.9 Å². The molecule has 15 aromatic rings. The molecule has 0 amide bonds. The molecule has 0 fully saturated rings. The van der Waals surface area contributed by atoms with Gasteiger partial charge in [-0.3, -0.25) is 0 Å². The van der Waals surface area contributed by atoms with E-state index in [0.29, 0.717) is 39.1 Å². The van der Waals surface area contributed by atoms with Crippen LogP contribution in [0.4, 0.5) is 0 Å². The Bertz CT molecular complexity index is 4800. The largest absolute Gasteiger partial charge is 0.455 e. The Balaban J connectivity index is 1.16. The average Bonchev–Trinajstić information content (AvgIpc) is 4.20. The van der Waals surface area contributed by atoms with Gasteiger partial charge in [0, 0.05) is 65.2 Å². The molecule has 15 rings (SSSR count). The molecule has 0 radical (unpaired) electrons. The summed E-state index contributed by atoms with van der Waals surface area (Å²) in [6.07, 6.45) is 0. The molecule has 0 aliphatic rings. The number of hydrogen-bond acceptors (Lipinski definition) is 3. The summed E-state index contributed by atoms with van der Waals surface area (Å²) >= 11 is 0. The summed E-state index contributed by atoms with van der Waals surface area (Å²) in [6, 6.07) is 77.3. The van der Waals surface area contributed by atoms with Crippen molar-refractivity contribution in [1.29, 1.82) is 10.5 Å². The topological polar surface area (TPSA) is 80.4 Å². The minimum Gasteiger partial charge on any atom is -0.455 e. The molecule has 0 aliphatic carbocycles. The van der Waals surface area contributed by atoms with Gasteiger partial charge in [0.05, 0.1) is 61.1 Å². The highest BCUT2D eigenvalue weighted by Gasteiger charge is 2.31. The molecule has 0 saturated heterocycles. The van der Waals surface area contributed by atoms with Crippen LogP contribution in [0.15, 0.2) is 211 Å². The van der Waals surface area contributed by atoms with Crippen LogP contribution in [0.3, 0.4) is 0 Å². The standard InChI is InChI=1S/C62H34N6O/c63-35-48-59-43-25-11-16-30-58(43)69-62(59)49(36-64)61(68-53-29-15-10-24-42(53)47-32-55-45(34-57(47)68)40-22-8-13-27-51(40)66(55)38-19-5-2-6-20-38)60(48)67-52-28-14-9-23-41(52)46-31-54-44(33-56(46)67)39-21-7-12-26-50(39)65(54)37-17-3-1-4-18-37/h1-34H. The maximum Gasteiger partial charge on any atom is 0.156 e. The Morgan fingerprint density at radius 3 is 1.06 bits per heavy atom. The minimum absolute atomic E-state index is 0.345. The lowest BCUT2D eigenvalue weighted by atomic mass is 9.98. The summed E-state index contributed by atoms with van der Waals surface area (Å²) < 4.78 is 15.9. The monoisotopic (exact) mass is 878 g/mol. The van der Waals surface area contributed by atoms with Gasteiger partial charge in [0.15, 0.2) is 5.58 Å². The van der Waals surface area contributed by atoms with E-state index in [1.54, 1.807) is 0 Å². The smallest absolute Gasteiger partial charge is 0.156 e. The predicted octanol–water partition coefficient (Wildman–Crippen LogP) is 15.7. The third kappa shape index (κ3) is 4.92. The summed E-state index contributed by atoms with van der Waals surface area (Å²) in [5.41, 5.74) is 13.1. The zero-order valence-corrected chi connectivity index (χ0v) is 36.7. The number of furan rings is 1. The van der Waals surface area contributed by atoms with E-state index in [0.717, 1.165) is 104 Å². The fourth-order valence-corrected chi connectivity index (χ4v) is 11.6. The van der Waals surface area contributed by atoms with Crippen LogP contribution in [0.2, 0.25) is 0 Å². The Hall–Kier alpha value is -9.82. The molecule has 7 heteroatoms. The summed E-state index contributed by atoms with van der Waals surface area (Å²) in [4.78, 5) is 0. The Labute approximate surface area is 392 Å². The first-order valence-corrected chi connectivity index (χ1v) is 23.1. The Kier molecular flexibility index (Phi) is 7.51. The predicted molar refractivity (Wildman–Crippen MR) is 281 cm³/mol. The molecule has 7 nitrogen and oxygen atoms in total. The van der Waals surface area contributed by atoms with Crippen LogP contribution in [-0.2, 0) is 0 Å². The zero-order valence-electron chi connectivity index (χ0n) is 36.7. The molecule has 318 valence electrons. The van der Waals surface area contributed by atoms with Crippen LogP contribution in [0, 0.1) is 22.7 Å². The van der Waals surface area contributed by atoms with Gasteiger partial charge in [-0.15, -0.1) is 0 Å². The Morgan fingerprint density at radius 2 is 0.638 bits per heavy atom. The third-order valence-electron chi connectivity index (χ3n) is 14.4. The highest BCUT2D eigenvalue weighted by Crippen LogP contribution is 2.48. The van der Waals surface area contributed by atoms with Gasteiger partial charge in [0.2, 0.25) is 0 Å². The van der Waals surface area contributed by atoms with Crippen LogP contribution in [0.25, 0.3) is 132 Å². The Morgan fingerprint density at radius 1 is 0.304 bits per heavy atom. The molecule has 0 unspecified atom stereocenters. The number of benzene rings is 10. The number of aromatic nitrogens is 4. The van der Waals surface area contributed by atoms with E-state index < -0.39 is 0 Å². The fourth-order valence-electron chi connectivity index (χ4n) is 11.6. The number of nitriles is 2. The fraction of sp³-hybridized carbons (Fsp3) is 0. The van der Waals surface area contributed by atoms with Crippen molar-refractivity contribution in [3.05, 3.63) is 217 Å². The highest BCUT2D eigenvalue weighted by molar-refractivity contribution is 6.23. The van der Waals surface area contributed by atoms with Crippen molar-refractivity contribution in [2.75, 3.05) is 0 Å². The van der Waals surface area contributed by atoms with Crippen molar-refractivity contribution in [2.45, 2.75) is 0 Å². The van der Waals surface area contributed by atoms with Gasteiger partial charge in [0.1, 0.15) is 23.3 Å². The van der Waals surface area contributed by atoms with Crippen molar-refractivity contribution >= 4 is 109 Å². The molecule has 10 aromatic carbocycles. The summed E-state index contributed by atoms with van der Waals surface area (Å²) in [6.45, 7) is 0. The van der Waals surface area contributed by atoms with E-state index in [1.807, 2.05) is 42.5 Å². The molecular weight excluding hydrogens is 845 g/mol. The van der Waals surface area contributed by atoms with Crippen LogP contribution in [0.5, 0.6) is 0 Å². The molecular formula is C62H34N6O. The quantitative estimate of drug-likeness (QED) is 0.177. The molecule has 5 aromatic heterocycles. The first-order chi connectivity index (χ1) is 34.2. The van der Waals surface area contributed by atoms with Gasteiger partial charge in [-0.25, -0.2) is 0 Å². The van der Waals surface area contributed by atoms with Crippen molar-refractivity contribution < 1.29 is 4.42 Å². The number of fused-ring (bicyclic) bond motifs is 15. The lowest BCUT2D eigenvalue weighted by Gasteiger charge is -2.20. The van der Waals surface area contributed by atoms with Gasteiger partial charge >= 0.3 is 0 Å². The molecule has 0 N–H and O–H groups in total. The number of para-hydroxylation sites is 7. The molecule has 0 saturated carbocycles. The number of nitrogens with zero attached hydrogens (tertiary/aromatic N) is 6. The van der Waals surface area contributed by atoms with E-state index in [9.17, 15) is 10.5 Å². The lowest BCUT2D eigenvalue weighted by Crippen LogP contribution is -2.09. The zero-order chi connectivity index (χ0) is 45.5. The van der Waals surface area contributed by atoms with Gasteiger partial charge in [-0.2, -0.15) is 10.5 Å². The maximum atomic E-state index is 11.9. The highest BCUT2D eigenvalue weighted by atomic mass is 16.3. The molecule has 0 aliphatic heterocycles. The molecule has 0 bridgehead atoms. The third-order valence-corrected chi connectivity index (χ3v) is 14.4. The lowest BCUT2D eigenvalue weighted by molar-refractivity contribution is 0.667. The molecule has 0 atom stereocenters. The number of hydrogen-bond donors (Lipinski definition) is 0. The van der Waals surface area contributed by atoms with Crippen LogP contribution in [-0.4, -0.2) is 18.3 Å². The second-order valence-electron chi connectivity index (χ2n) is 17.8. The van der Waals surface area contributed by atoms with Crippen molar-refractivity contribution in [1.82, 2.24) is 18.3 Å². The van der Waals surface area contributed by atoms with Gasteiger partial charge in [-0.05, 0) is 78.9 Å². The second-order valence-corrected chi connectivity index (χ2v) is 17.8. The number of rotatable bonds is 4. The first-order valence-electron chi connectivity index (χ1n) is 23.1. The van der Waals surface area contributed by atoms with Crippen molar-refractivity contribution in [2.24, 2.45) is 0 Å². The van der Waals surface area contributed by atoms with Gasteiger partial charge in [-0.1, -0.05) is 127 Å². The van der Waals surface area contributed by atoms with Gasteiger partial charge < -0.3 is 22.7 Å². The van der Waals surface area contributed by atoms with E-state index >= 15 is 0 Å². The van der Waals surface area contributed by atoms with E-state index in [4.69, 9.17) is 4.42 Å². The molecule has 5 heterocycles. The molecule has 69 heavy (non-hydrogen) atoms. The maximum absolute atomic E-state index is 11.9. The van der Waals surface area contributed by atoms with Crippen LogP contribution >= 0.6 is 0 Å². The summed E-state index contributed by atoms with van der Waals surface area (Å²) in [5.74, 6) is 0. The van der Waals surface area contributed by atoms with Crippen molar-refractivity contribution in [3.63, 3.8) is 0 Å². The van der Waals surface area contributed by atoms with Crippen LogP contribution < -0.4 is 0 Å².